The third-order valence-corrected chi connectivity index (χ3v) is 16.3. The highest BCUT2D eigenvalue weighted by atomic mass is 16.7. The number of rotatable bonds is 26. The van der Waals surface area contributed by atoms with E-state index in [0.717, 1.165) is 53.7 Å². The number of fused-ring (bicyclic) bond motifs is 9. The number of aromatic nitrogens is 3. The highest BCUT2D eigenvalue weighted by Crippen LogP contribution is 2.57. The topological polar surface area (TPSA) is 318 Å². The van der Waals surface area contributed by atoms with Crippen molar-refractivity contribution in [3.8, 4) is 23.0 Å². The van der Waals surface area contributed by atoms with Crippen LogP contribution in [0, 0.1) is 0 Å². The Bertz CT molecular complexity index is 2940. The van der Waals surface area contributed by atoms with E-state index in [2.05, 4.69) is 45.2 Å². The Kier molecular flexibility index (Phi) is 17.9. The number of amides is 2. The number of phenolic OH excluding ortho intramolecular Hbond substituents is 2. The number of carbonyl (C=O) groups is 3. The number of piperazine rings is 3. The number of benzene rings is 4. The lowest BCUT2D eigenvalue weighted by Gasteiger charge is -2.55. The van der Waals surface area contributed by atoms with E-state index in [0.29, 0.717) is 75.0 Å². The van der Waals surface area contributed by atoms with Crippen molar-refractivity contribution in [2.45, 2.75) is 68.2 Å². The first-order valence-corrected chi connectivity index (χ1v) is 27.5. The molecule has 4 saturated heterocycles. The molecule has 0 unspecified atom stereocenters. The molecule has 4 fully saturated rings. The summed E-state index contributed by atoms with van der Waals surface area (Å²) in [6, 6.07) is 21.2. The van der Waals surface area contributed by atoms with Crippen LogP contribution in [0.25, 0.3) is 0 Å². The van der Waals surface area contributed by atoms with Crippen molar-refractivity contribution in [2.75, 3.05) is 117 Å². The predicted octanol–water partition coefficient (Wildman–Crippen LogP) is 0.194. The molecule has 2 bridgehead atoms. The molecule has 1 spiro atoms. The SMILES string of the molecule is N[C@@H](Cc1cn(CCOCCOCCOCC[N+]23CC[N+](CCc4ccc(CCO[C@@H]5O[C@H](CO)[C@@H](O)[C@H](O)[C@H]5O)cc4)(CC2)CC3)nn1)C(=O)NCC(=O)Nc1ccc2c(c1)C(=O)OC21c2ccc(O)cc2Oc2cc(O)ccc21. The number of quaternary nitrogens is 2. The molecule has 2 amide bonds. The Balaban J connectivity index is 0.554. The summed E-state index contributed by atoms with van der Waals surface area (Å²) in [6.45, 7) is 11.8. The maximum atomic E-state index is 13.5. The first-order chi connectivity index (χ1) is 39.1. The molecule has 4 aromatic carbocycles. The van der Waals surface area contributed by atoms with Gasteiger partial charge in [-0.1, -0.05) is 35.5 Å². The second kappa shape index (κ2) is 25.2. The molecule has 6 aliphatic heterocycles. The van der Waals surface area contributed by atoms with Crippen molar-refractivity contribution >= 4 is 23.5 Å². The summed E-state index contributed by atoms with van der Waals surface area (Å²) in [5.41, 5.74) is 9.46. The third kappa shape index (κ3) is 13.0. The number of carbonyl (C=O) groups excluding carboxylic acids is 3. The molecular weight excluding hydrogens is 1050 g/mol. The lowest BCUT2D eigenvalue weighted by Crippen LogP contribution is -2.75. The standard InChI is InChI=1S/C57H70N8O16/c58-46(54(73)59-33-50(69)60-38-5-8-43-42(29-38)55(74)81-57(43)44-9-6-40(67)31-47(44)79-48-32-41(68)7-10-45(48)57)30-39-34-63(62-61-39)13-23-75-25-27-77-28-26-76-24-21-65-18-15-64(16-19-65,17-20-65)14-11-36-1-3-37(4-2-36)12-22-78-56-53(72)52(71)51(70)49(35-66)80-56/h1-10,29,31-32,34,46,49,51-53,56,66,70-72H,11-28,30,33,35,58H2,(H2-2,59,60,67,68,69,73)/p+2/t46-,49+,51+,52-,53+,56+,64?,65?/m0/s1. The summed E-state index contributed by atoms with van der Waals surface area (Å²) in [4.78, 5) is 39.3. The Morgan fingerprint density at radius 1 is 0.741 bits per heavy atom. The van der Waals surface area contributed by atoms with Gasteiger partial charge in [0.15, 0.2) is 11.9 Å². The number of aliphatic hydroxyl groups is 4. The van der Waals surface area contributed by atoms with Gasteiger partial charge in [-0.3, -0.25) is 9.59 Å². The van der Waals surface area contributed by atoms with Crippen molar-refractivity contribution in [3.63, 3.8) is 0 Å². The van der Waals surface area contributed by atoms with E-state index in [4.69, 9.17) is 38.9 Å². The Labute approximate surface area is 467 Å². The number of hydrogen-bond acceptors (Lipinski definition) is 19. The molecule has 5 aromatic rings. The van der Waals surface area contributed by atoms with Gasteiger partial charge in [-0.15, -0.1) is 5.10 Å². The number of nitrogens with two attached hydrogens (primary N) is 1. The van der Waals surface area contributed by atoms with Gasteiger partial charge in [0.05, 0.1) is 89.8 Å². The zero-order valence-electron chi connectivity index (χ0n) is 45.0. The van der Waals surface area contributed by atoms with Crippen molar-refractivity contribution in [1.29, 1.82) is 0 Å². The minimum absolute atomic E-state index is 0.0631. The molecule has 6 atom stereocenters. The zero-order chi connectivity index (χ0) is 56.7. The minimum atomic E-state index is -1.46. The van der Waals surface area contributed by atoms with Crippen molar-refractivity contribution in [1.82, 2.24) is 20.3 Å². The Morgan fingerprint density at radius 2 is 1.35 bits per heavy atom. The number of anilines is 1. The molecule has 1 aromatic heterocycles. The van der Waals surface area contributed by atoms with Gasteiger partial charge in [0.1, 0.15) is 93.2 Å². The zero-order valence-corrected chi connectivity index (χ0v) is 45.0. The summed E-state index contributed by atoms with van der Waals surface area (Å²) < 4.78 is 44.5. The van der Waals surface area contributed by atoms with Crippen LogP contribution in [-0.4, -0.2) is 221 Å². The lowest BCUT2D eigenvalue weighted by molar-refractivity contribution is -1.08. The summed E-state index contributed by atoms with van der Waals surface area (Å²) >= 11 is 0. The summed E-state index contributed by atoms with van der Waals surface area (Å²) in [5.74, 6) is -1.42. The Morgan fingerprint density at radius 3 is 2.00 bits per heavy atom. The molecule has 11 rings (SSSR count). The van der Waals surface area contributed by atoms with Crippen molar-refractivity contribution in [3.05, 3.63) is 124 Å². The molecule has 7 heterocycles. The second-order valence-corrected chi connectivity index (χ2v) is 21.5. The molecular formula is C57H72N8O16+2. The summed E-state index contributed by atoms with van der Waals surface area (Å²) in [6.07, 6.45) is -3.03. The second-order valence-electron chi connectivity index (χ2n) is 21.5. The predicted molar refractivity (Wildman–Crippen MR) is 287 cm³/mol. The van der Waals surface area contributed by atoms with Crippen LogP contribution in [0.2, 0.25) is 0 Å². The van der Waals surface area contributed by atoms with Crippen LogP contribution >= 0.6 is 0 Å². The van der Waals surface area contributed by atoms with Gasteiger partial charge in [-0.25, -0.2) is 9.48 Å². The van der Waals surface area contributed by atoms with E-state index in [1.165, 1.54) is 55.5 Å². The van der Waals surface area contributed by atoms with Gasteiger partial charge >= 0.3 is 5.97 Å². The average Bonchev–Trinajstić information content (AvgIpc) is 3.66. The van der Waals surface area contributed by atoms with Crippen LogP contribution in [0.1, 0.15) is 43.9 Å². The number of esters is 1. The maximum Gasteiger partial charge on any atom is 0.340 e. The smallest absolute Gasteiger partial charge is 0.340 e. The van der Waals surface area contributed by atoms with Crippen LogP contribution in [0.4, 0.5) is 5.69 Å². The van der Waals surface area contributed by atoms with Crippen molar-refractivity contribution in [2.24, 2.45) is 5.73 Å². The number of nitrogens with one attached hydrogen (secondary N) is 2. The van der Waals surface area contributed by atoms with Gasteiger partial charge in [0.2, 0.25) is 11.8 Å². The van der Waals surface area contributed by atoms with Crippen LogP contribution < -0.4 is 21.1 Å². The fourth-order valence-corrected chi connectivity index (χ4v) is 11.5. The summed E-state index contributed by atoms with van der Waals surface area (Å²) in [5, 5.41) is 73.5. The number of aliphatic hydroxyl groups excluding tert-OH is 4. The van der Waals surface area contributed by atoms with Gasteiger partial charge in [-0.2, -0.15) is 0 Å². The fourth-order valence-electron chi connectivity index (χ4n) is 11.5. The van der Waals surface area contributed by atoms with Gasteiger partial charge in [0.25, 0.3) is 0 Å². The normalized spacial score (nSPS) is 24.4. The van der Waals surface area contributed by atoms with Crippen molar-refractivity contribution < 1.29 is 87.1 Å². The number of aromatic hydroxyl groups is 2. The van der Waals surface area contributed by atoms with E-state index in [1.54, 1.807) is 35.1 Å². The van der Waals surface area contributed by atoms with Crippen LogP contribution in [0.15, 0.2) is 85.1 Å². The molecule has 81 heavy (non-hydrogen) atoms. The molecule has 24 nitrogen and oxygen atoms in total. The maximum absolute atomic E-state index is 13.5. The highest BCUT2D eigenvalue weighted by molar-refractivity contribution is 6.00. The number of hydrogen-bond donors (Lipinski definition) is 9. The highest BCUT2D eigenvalue weighted by Gasteiger charge is 2.54. The monoisotopic (exact) mass is 1120 g/mol. The third-order valence-electron chi connectivity index (χ3n) is 16.3. The van der Waals surface area contributed by atoms with Gasteiger partial charge in [-0.05, 0) is 53.9 Å². The van der Waals surface area contributed by atoms with E-state index >= 15 is 0 Å². The Hall–Kier alpha value is -6.65. The van der Waals surface area contributed by atoms with Crippen LogP contribution in [-0.2, 0) is 69.4 Å². The first-order valence-electron chi connectivity index (χ1n) is 27.5. The molecule has 24 heteroatoms. The molecule has 0 radical (unpaired) electrons. The summed E-state index contributed by atoms with van der Waals surface area (Å²) in [7, 11) is 0. The van der Waals surface area contributed by atoms with Gasteiger partial charge in [0, 0.05) is 53.5 Å². The quantitative estimate of drug-likeness (QED) is 0.0203. The largest absolute Gasteiger partial charge is 0.508 e. The number of ether oxygens (including phenoxy) is 7. The fraction of sp³-hybridized carbons (Fsp3) is 0.491. The van der Waals surface area contributed by atoms with Crippen LogP contribution in [0.3, 0.4) is 0 Å². The molecule has 10 N–H and O–H groups in total. The molecule has 6 aliphatic rings. The molecule has 0 saturated carbocycles. The molecule has 0 aliphatic carbocycles. The van der Waals surface area contributed by atoms with E-state index < -0.39 is 73.3 Å². The van der Waals surface area contributed by atoms with Crippen LogP contribution in [0.5, 0.6) is 23.0 Å². The lowest BCUT2D eigenvalue weighted by atomic mass is 9.77. The van der Waals surface area contributed by atoms with Gasteiger partial charge < -0.3 is 89.1 Å². The van der Waals surface area contributed by atoms with E-state index in [-0.39, 0.29) is 47.3 Å². The number of nitrogens with zero attached hydrogens (tertiary/aromatic N) is 5. The first kappa shape index (κ1) is 57.6. The number of phenols is 2. The average molecular weight is 1130 g/mol. The van der Waals surface area contributed by atoms with E-state index in [1.807, 2.05) is 0 Å². The minimum Gasteiger partial charge on any atom is -0.508 e. The molecule has 434 valence electrons. The van der Waals surface area contributed by atoms with E-state index in [9.17, 15) is 45.0 Å².